The monoisotopic (exact) mass is 770 g/mol. The number of aryl methyl sites for hydroxylation is 4. The van der Waals surface area contributed by atoms with Gasteiger partial charge in [-0.25, -0.2) is 28.7 Å². The van der Waals surface area contributed by atoms with Gasteiger partial charge in [0, 0.05) is 48.5 Å². The summed E-state index contributed by atoms with van der Waals surface area (Å²) in [5.41, 5.74) is 9.88. The van der Waals surface area contributed by atoms with Crippen molar-refractivity contribution in [3.63, 3.8) is 0 Å². The van der Waals surface area contributed by atoms with Gasteiger partial charge >= 0.3 is 0 Å². The molecule has 272 valence electrons. The average Bonchev–Trinajstić information content (AvgIpc) is 3.63. The zero-order chi connectivity index (χ0) is 38.5. The van der Waals surface area contributed by atoms with Crippen LogP contribution in [0.3, 0.4) is 0 Å². The van der Waals surface area contributed by atoms with E-state index in [1.807, 2.05) is 26.8 Å². The molecule has 15 heteroatoms. The standard InChI is InChI=1S/C18H16FN3O2.C10H11N3O.C8H6ClFO.CH2Cl2/c1-10-14(5-4-6-15(10)19)18(23)22-16-8-7-13(9-20-16)17-11(2)24-12(3)21-17;1-6-10(13-7(2)14-6)8-3-4-9(11)12-5-8;1-5-6(8(9)11)3-2-4-7(5)10;2-1-3/h4-9H,1-3H3,(H,20,22,23);3-5H,1-2H3,(H2,11,12);2-4H,1H3;1H2. The molecule has 0 saturated heterocycles. The van der Waals surface area contributed by atoms with E-state index in [0.717, 1.165) is 28.3 Å². The van der Waals surface area contributed by atoms with Crippen molar-refractivity contribution in [3.05, 3.63) is 130 Å². The molecular weight excluding hydrogens is 737 g/mol. The molecule has 2 aromatic carbocycles. The molecule has 1 amide bonds. The average molecular weight is 772 g/mol. The molecular formula is C37H35Cl3F2N6O4. The number of pyridine rings is 2. The predicted octanol–water partition coefficient (Wildman–Crippen LogP) is 9.92. The highest BCUT2D eigenvalue weighted by Crippen LogP contribution is 2.24. The van der Waals surface area contributed by atoms with E-state index in [-0.39, 0.29) is 16.5 Å². The van der Waals surface area contributed by atoms with E-state index in [1.165, 1.54) is 37.3 Å². The van der Waals surface area contributed by atoms with Crippen LogP contribution in [0.4, 0.5) is 20.4 Å². The van der Waals surface area contributed by atoms with Crippen LogP contribution >= 0.6 is 34.8 Å². The molecule has 52 heavy (non-hydrogen) atoms. The first kappa shape index (κ1) is 41.3. The lowest BCUT2D eigenvalue weighted by Gasteiger charge is -2.08. The van der Waals surface area contributed by atoms with Gasteiger partial charge < -0.3 is 19.9 Å². The van der Waals surface area contributed by atoms with Gasteiger partial charge in [-0.05, 0) is 99.0 Å². The molecule has 0 aliphatic carbocycles. The Morgan fingerprint density at radius 2 is 1.17 bits per heavy atom. The SMILES string of the molecule is Cc1c(F)cccc1C(=O)Cl.Cc1nc(-c2ccc(N)nc2)c(C)o1.Cc1nc(-c2ccc(NC(=O)c3cccc(F)c3C)nc2)c(C)o1.ClCCl. The maximum absolute atomic E-state index is 13.5. The Bertz CT molecular complexity index is 2120. The molecule has 0 radical (unpaired) electrons. The highest BCUT2D eigenvalue weighted by molar-refractivity contribution is 6.67. The molecule has 0 bridgehead atoms. The number of hydrogen-bond acceptors (Lipinski definition) is 9. The fourth-order valence-corrected chi connectivity index (χ4v) is 4.81. The number of carbonyl (C=O) groups excluding carboxylic acids is 2. The Kier molecular flexibility index (Phi) is 15.4. The molecule has 4 heterocycles. The minimum Gasteiger partial charge on any atom is -0.446 e. The van der Waals surface area contributed by atoms with E-state index in [1.54, 1.807) is 50.5 Å². The van der Waals surface area contributed by atoms with Gasteiger partial charge in [0.1, 0.15) is 46.2 Å². The molecule has 6 aromatic rings. The van der Waals surface area contributed by atoms with Crippen molar-refractivity contribution in [3.8, 4) is 22.5 Å². The number of rotatable bonds is 5. The number of halogens is 5. The largest absolute Gasteiger partial charge is 0.446 e. The minimum absolute atomic E-state index is 0.194. The Balaban J connectivity index is 0.000000220. The van der Waals surface area contributed by atoms with Crippen LogP contribution in [0.1, 0.15) is 55.1 Å². The summed E-state index contributed by atoms with van der Waals surface area (Å²) in [4.78, 5) is 39.7. The van der Waals surface area contributed by atoms with Crippen molar-refractivity contribution in [1.82, 2.24) is 19.9 Å². The van der Waals surface area contributed by atoms with Gasteiger partial charge in [-0.3, -0.25) is 9.59 Å². The first-order valence-corrected chi connectivity index (χ1v) is 16.8. The smallest absolute Gasteiger partial charge is 0.257 e. The second-order valence-corrected chi connectivity index (χ2v) is 12.0. The molecule has 6 rings (SSSR count). The van der Waals surface area contributed by atoms with Crippen LogP contribution in [0.15, 0.2) is 81.9 Å². The summed E-state index contributed by atoms with van der Waals surface area (Å²) in [5.74, 6) is 2.42. The molecule has 0 spiro atoms. The van der Waals surface area contributed by atoms with E-state index < -0.39 is 22.8 Å². The minimum atomic E-state index is -0.623. The maximum atomic E-state index is 13.5. The highest BCUT2D eigenvalue weighted by atomic mass is 35.5. The number of nitrogens with zero attached hydrogens (tertiary/aromatic N) is 4. The maximum Gasteiger partial charge on any atom is 0.257 e. The number of amides is 1. The summed E-state index contributed by atoms with van der Waals surface area (Å²) in [5, 5.41) is 2.24. The number of benzene rings is 2. The molecule has 0 aliphatic heterocycles. The molecule has 0 aliphatic rings. The van der Waals surface area contributed by atoms with Crippen LogP contribution in [-0.2, 0) is 0 Å². The number of hydrogen-bond donors (Lipinski definition) is 2. The fraction of sp³-hybridized carbons (Fsp3) is 0.189. The molecule has 4 aromatic heterocycles. The third-order valence-electron chi connectivity index (χ3n) is 7.14. The normalized spacial score (nSPS) is 10.1. The van der Waals surface area contributed by atoms with Crippen LogP contribution in [0.2, 0.25) is 0 Å². The van der Waals surface area contributed by atoms with Crippen LogP contribution in [0.25, 0.3) is 22.5 Å². The summed E-state index contributed by atoms with van der Waals surface area (Å²) >= 11 is 14.7. The van der Waals surface area contributed by atoms with Crippen molar-refractivity contribution < 1.29 is 27.2 Å². The molecule has 0 fully saturated rings. The number of oxazole rings is 2. The number of nitrogen functional groups attached to an aromatic ring is 1. The van der Waals surface area contributed by atoms with Crippen molar-refractivity contribution in [2.75, 3.05) is 16.4 Å². The second kappa shape index (κ2) is 19.4. The van der Waals surface area contributed by atoms with Crippen LogP contribution < -0.4 is 11.1 Å². The second-order valence-electron chi connectivity index (χ2n) is 10.8. The summed E-state index contributed by atoms with van der Waals surface area (Å²) in [6.07, 6.45) is 3.30. The number of carbonyl (C=O) groups is 2. The molecule has 0 unspecified atom stereocenters. The number of aromatic nitrogens is 4. The van der Waals surface area contributed by atoms with Gasteiger partial charge in [-0.1, -0.05) is 12.1 Å². The van der Waals surface area contributed by atoms with E-state index in [9.17, 15) is 18.4 Å². The molecule has 10 nitrogen and oxygen atoms in total. The van der Waals surface area contributed by atoms with Crippen LogP contribution in [-0.4, -0.2) is 36.4 Å². The number of nitrogens with two attached hydrogens (primary N) is 1. The Morgan fingerprint density at radius 1 is 0.712 bits per heavy atom. The van der Waals surface area contributed by atoms with E-state index in [2.05, 4.69) is 25.3 Å². The van der Waals surface area contributed by atoms with E-state index >= 15 is 0 Å². The van der Waals surface area contributed by atoms with E-state index in [0.29, 0.717) is 40.3 Å². The third kappa shape index (κ3) is 11.4. The van der Waals surface area contributed by atoms with Crippen molar-refractivity contribution in [1.29, 1.82) is 0 Å². The predicted molar refractivity (Wildman–Crippen MR) is 200 cm³/mol. The first-order chi connectivity index (χ1) is 24.7. The van der Waals surface area contributed by atoms with Gasteiger partial charge in [0.15, 0.2) is 11.8 Å². The zero-order valence-electron chi connectivity index (χ0n) is 29.0. The van der Waals surface area contributed by atoms with Gasteiger partial charge in [-0.2, -0.15) is 0 Å². The summed E-state index contributed by atoms with van der Waals surface area (Å²) in [6, 6.07) is 15.7. The van der Waals surface area contributed by atoms with Gasteiger partial charge in [0.2, 0.25) is 0 Å². The lowest BCUT2D eigenvalue weighted by Crippen LogP contribution is -2.14. The lowest BCUT2D eigenvalue weighted by molar-refractivity contribution is 0.102. The molecule has 0 saturated carbocycles. The Hall–Kier alpha value is -5.17. The topological polar surface area (TPSA) is 150 Å². The first-order valence-electron chi connectivity index (χ1n) is 15.4. The molecule has 0 atom stereocenters. The number of anilines is 2. The zero-order valence-corrected chi connectivity index (χ0v) is 31.3. The lowest BCUT2D eigenvalue weighted by atomic mass is 10.1. The van der Waals surface area contributed by atoms with Gasteiger partial charge in [-0.15, -0.1) is 23.2 Å². The Morgan fingerprint density at radius 3 is 1.56 bits per heavy atom. The van der Waals surface area contributed by atoms with Crippen LogP contribution in [0, 0.1) is 53.2 Å². The van der Waals surface area contributed by atoms with Crippen molar-refractivity contribution in [2.45, 2.75) is 41.5 Å². The fourth-order valence-electron chi connectivity index (χ4n) is 4.60. The number of nitrogens with one attached hydrogen (secondary N) is 1. The van der Waals surface area contributed by atoms with Gasteiger partial charge in [0.25, 0.3) is 11.1 Å². The quantitative estimate of drug-likeness (QED) is 0.129. The summed E-state index contributed by atoms with van der Waals surface area (Å²) in [7, 11) is 0. The Labute approximate surface area is 314 Å². The summed E-state index contributed by atoms with van der Waals surface area (Å²) < 4.78 is 37.0. The third-order valence-corrected chi connectivity index (χ3v) is 7.34. The van der Waals surface area contributed by atoms with Crippen molar-refractivity contribution >= 4 is 57.6 Å². The summed E-state index contributed by atoms with van der Waals surface area (Å²) in [6.45, 7) is 10.4. The van der Waals surface area contributed by atoms with E-state index in [4.69, 9.17) is 49.4 Å². The molecule has 3 N–H and O–H groups in total. The van der Waals surface area contributed by atoms with Gasteiger partial charge in [0.05, 0.1) is 5.34 Å². The van der Waals surface area contributed by atoms with Crippen LogP contribution in [0.5, 0.6) is 0 Å². The number of alkyl halides is 2. The van der Waals surface area contributed by atoms with Crippen molar-refractivity contribution in [2.24, 2.45) is 0 Å². The highest BCUT2D eigenvalue weighted by Gasteiger charge is 2.14.